The van der Waals surface area contributed by atoms with Gasteiger partial charge in [0.1, 0.15) is 12.4 Å². The number of rotatable bonds is 3. The van der Waals surface area contributed by atoms with E-state index in [1.807, 2.05) is 30.3 Å². The first-order valence-corrected chi connectivity index (χ1v) is 5.03. The van der Waals surface area contributed by atoms with Gasteiger partial charge in [-0.3, -0.25) is 0 Å². The van der Waals surface area contributed by atoms with Crippen LogP contribution in [0.25, 0.3) is 0 Å². The maximum Gasteiger partial charge on any atom is 0.119 e. The Labute approximate surface area is 89.2 Å². The largest absolute Gasteiger partial charge is 0.491 e. The lowest BCUT2D eigenvalue weighted by molar-refractivity contribution is 0.0649. The van der Waals surface area contributed by atoms with Crippen molar-refractivity contribution < 1.29 is 9.47 Å². The Morgan fingerprint density at radius 1 is 1.33 bits per heavy atom. The number of ether oxygens (including phenoxy) is 2. The van der Waals surface area contributed by atoms with Gasteiger partial charge in [-0.25, -0.2) is 0 Å². The lowest BCUT2D eigenvalue weighted by atomic mass is 10.1. The summed E-state index contributed by atoms with van der Waals surface area (Å²) in [7, 11) is 0. The second-order valence-electron chi connectivity index (χ2n) is 3.99. The van der Waals surface area contributed by atoms with Crippen LogP contribution in [0, 0.1) is 0 Å². The summed E-state index contributed by atoms with van der Waals surface area (Å²) in [4.78, 5) is 0. The van der Waals surface area contributed by atoms with Gasteiger partial charge in [-0.15, -0.1) is 0 Å². The summed E-state index contributed by atoms with van der Waals surface area (Å²) in [5.41, 5.74) is 10.8. The Kier molecular flexibility index (Phi) is 2.90. The molecule has 0 radical (unpaired) electrons. The number of benzene rings is 1. The van der Waals surface area contributed by atoms with Crippen LogP contribution in [-0.4, -0.2) is 25.0 Å². The van der Waals surface area contributed by atoms with Crippen molar-refractivity contribution in [3.05, 3.63) is 30.3 Å². The molecular formula is C11H16N2O2. The molecule has 1 saturated heterocycles. The van der Waals surface area contributed by atoms with Gasteiger partial charge in [0.25, 0.3) is 0 Å². The highest BCUT2D eigenvalue weighted by molar-refractivity contribution is 5.20. The predicted octanol–water partition coefficient (Wildman–Crippen LogP) is 0.468. The molecule has 0 aliphatic carbocycles. The summed E-state index contributed by atoms with van der Waals surface area (Å²) in [6, 6.07) is 9.63. The molecule has 1 atom stereocenters. The lowest BCUT2D eigenvalue weighted by Crippen LogP contribution is -2.50. The summed E-state index contributed by atoms with van der Waals surface area (Å²) in [6.45, 7) is 0.899. The molecule has 1 fully saturated rings. The van der Waals surface area contributed by atoms with Gasteiger partial charge in [0.15, 0.2) is 0 Å². The summed E-state index contributed by atoms with van der Waals surface area (Å²) < 4.78 is 11.0. The topological polar surface area (TPSA) is 70.5 Å². The Morgan fingerprint density at radius 3 is 2.67 bits per heavy atom. The van der Waals surface area contributed by atoms with E-state index in [-0.39, 0.29) is 6.10 Å². The number of nitrogens with two attached hydrogens (primary N) is 2. The van der Waals surface area contributed by atoms with Crippen LogP contribution in [0.2, 0.25) is 0 Å². The van der Waals surface area contributed by atoms with E-state index in [0.29, 0.717) is 19.6 Å². The molecule has 1 aliphatic rings. The van der Waals surface area contributed by atoms with Crippen LogP contribution in [0.4, 0.5) is 0 Å². The van der Waals surface area contributed by atoms with Gasteiger partial charge in [-0.1, -0.05) is 18.2 Å². The SMILES string of the molecule is NC1(N)COC(COc2ccccc2)C1. The maximum atomic E-state index is 5.73. The van der Waals surface area contributed by atoms with Crippen molar-refractivity contribution in [2.45, 2.75) is 18.2 Å². The van der Waals surface area contributed by atoms with Gasteiger partial charge in [-0.2, -0.15) is 0 Å². The van der Waals surface area contributed by atoms with Crippen LogP contribution in [0.1, 0.15) is 6.42 Å². The Balaban J connectivity index is 1.80. The summed E-state index contributed by atoms with van der Waals surface area (Å²) >= 11 is 0. The smallest absolute Gasteiger partial charge is 0.119 e. The average Bonchev–Trinajstić information content (AvgIpc) is 2.57. The molecule has 1 unspecified atom stereocenters. The molecule has 1 heterocycles. The van der Waals surface area contributed by atoms with Crippen molar-refractivity contribution >= 4 is 0 Å². The molecule has 0 amide bonds. The molecule has 15 heavy (non-hydrogen) atoms. The van der Waals surface area contributed by atoms with Crippen LogP contribution < -0.4 is 16.2 Å². The van der Waals surface area contributed by atoms with E-state index in [9.17, 15) is 0 Å². The molecule has 4 heteroatoms. The minimum absolute atomic E-state index is 0.000191. The minimum Gasteiger partial charge on any atom is -0.491 e. The minimum atomic E-state index is -0.690. The van der Waals surface area contributed by atoms with Gasteiger partial charge in [0.05, 0.1) is 18.4 Å². The maximum absolute atomic E-state index is 5.73. The molecule has 2 rings (SSSR count). The third kappa shape index (κ3) is 2.92. The van der Waals surface area contributed by atoms with E-state index in [0.717, 1.165) is 5.75 Å². The number of hydrogen-bond donors (Lipinski definition) is 2. The molecule has 0 aromatic heterocycles. The Morgan fingerprint density at radius 2 is 2.07 bits per heavy atom. The van der Waals surface area contributed by atoms with Crippen LogP contribution in [0.3, 0.4) is 0 Å². The monoisotopic (exact) mass is 208 g/mol. The zero-order valence-corrected chi connectivity index (χ0v) is 8.56. The van der Waals surface area contributed by atoms with Gasteiger partial charge in [0.2, 0.25) is 0 Å². The fraction of sp³-hybridized carbons (Fsp3) is 0.455. The van der Waals surface area contributed by atoms with Gasteiger partial charge >= 0.3 is 0 Å². The highest BCUT2D eigenvalue weighted by Gasteiger charge is 2.33. The Bertz CT molecular complexity index is 314. The van der Waals surface area contributed by atoms with Crippen LogP contribution in [0.5, 0.6) is 5.75 Å². The second-order valence-corrected chi connectivity index (χ2v) is 3.99. The van der Waals surface area contributed by atoms with Gasteiger partial charge in [0, 0.05) is 6.42 Å². The summed E-state index contributed by atoms with van der Waals surface area (Å²) in [6.07, 6.45) is 0.639. The summed E-state index contributed by atoms with van der Waals surface area (Å²) in [5.74, 6) is 0.840. The number of para-hydroxylation sites is 1. The molecule has 82 valence electrons. The first-order chi connectivity index (χ1) is 7.16. The molecule has 0 spiro atoms. The van der Waals surface area contributed by atoms with E-state index < -0.39 is 5.66 Å². The van der Waals surface area contributed by atoms with E-state index in [1.165, 1.54) is 0 Å². The molecule has 0 saturated carbocycles. The molecule has 4 nitrogen and oxygen atoms in total. The van der Waals surface area contributed by atoms with Gasteiger partial charge < -0.3 is 20.9 Å². The third-order valence-corrected chi connectivity index (χ3v) is 2.37. The van der Waals surface area contributed by atoms with E-state index in [1.54, 1.807) is 0 Å². The van der Waals surface area contributed by atoms with E-state index in [2.05, 4.69) is 0 Å². The molecular weight excluding hydrogens is 192 g/mol. The average molecular weight is 208 g/mol. The zero-order chi connectivity index (χ0) is 10.7. The van der Waals surface area contributed by atoms with Crippen LogP contribution >= 0.6 is 0 Å². The molecule has 4 N–H and O–H groups in total. The number of hydrogen-bond acceptors (Lipinski definition) is 4. The predicted molar refractivity (Wildman–Crippen MR) is 57.4 cm³/mol. The van der Waals surface area contributed by atoms with Crippen molar-refractivity contribution in [2.24, 2.45) is 11.5 Å². The molecule has 1 aliphatic heterocycles. The first-order valence-electron chi connectivity index (χ1n) is 5.03. The molecule has 1 aromatic carbocycles. The quantitative estimate of drug-likeness (QED) is 0.708. The van der Waals surface area contributed by atoms with Crippen LogP contribution in [0.15, 0.2) is 30.3 Å². The van der Waals surface area contributed by atoms with Crippen molar-refractivity contribution in [3.63, 3.8) is 0 Å². The molecule has 1 aromatic rings. The van der Waals surface area contributed by atoms with Crippen molar-refractivity contribution in [1.82, 2.24) is 0 Å². The summed E-state index contributed by atoms with van der Waals surface area (Å²) in [5, 5.41) is 0. The highest BCUT2D eigenvalue weighted by Crippen LogP contribution is 2.18. The fourth-order valence-corrected chi connectivity index (χ4v) is 1.63. The van der Waals surface area contributed by atoms with Gasteiger partial charge in [-0.05, 0) is 12.1 Å². The lowest BCUT2D eigenvalue weighted by Gasteiger charge is -2.14. The Hall–Kier alpha value is -1.10. The normalized spacial score (nSPS) is 24.0. The van der Waals surface area contributed by atoms with E-state index in [4.69, 9.17) is 20.9 Å². The zero-order valence-electron chi connectivity index (χ0n) is 8.56. The van der Waals surface area contributed by atoms with Crippen molar-refractivity contribution in [2.75, 3.05) is 13.2 Å². The molecule has 0 bridgehead atoms. The van der Waals surface area contributed by atoms with E-state index >= 15 is 0 Å². The van der Waals surface area contributed by atoms with Crippen molar-refractivity contribution in [3.8, 4) is 5.75 Å². The third-order valence-electron chi connectivity index (χ3n) is 2.37. The fourth-order valence-electron chi connectivity index (χ4n) is 1.63. The second kappa shape index (κ2) is 4.18. The highest BCUT2D eigenvalue weighted by atomic mass is 16.5. The standard InChI is InChI=1S/C11H16N2O2/c12-11(13)6-10(15-8-11)7-14-9-4-2-1-3-5-9/h1-5,10H,6-8,12-13H2. The first kappa shape index (κ1) is 10.4. The van der Waals surface area contributed by atoms with Crippen molar-refractivity contribution in [1.29, 1.82) is 0 Å². The van der Waals surface area contributed by atoms with Crippen LogP contribution in [-0.2, 0) is 4.74 Å².